The molecule has 0 saturated carbocycles. The van der Waals surface area contributed by atoms with Gasteiger partial charge in [0.05, 0.1) is 0 Å². The lowest BCUT2D eigenvalue weighted by Gasteiger charge is -2.18. The molecule has 0 heterocycles. The fourth-order valence-electron chi connectivity index (χ4n) is 4.09. The predicted octanol–water partition coefficient (Wildman–Crippen LogP) is 6.72. The molecule has 0 fully saturated rings. The van der Waals surface area contributed by atoms with Gasteiger partial charge in [0, 0.05) is 11.5 Å². The van der Waals surface area contributed by atoms with Gasteiger partial charge in [0.2, 0.25) is 0 Å². The minimum atomic E-state index is -0.965. The van der Waals surface area contributed by atoms with E-state index in [1.807, 2.05) is 60.7 Å². The fourth-order valence-corrected chi connectivity index (χ4v) is 4.09. The summed E-state index contributed by atoms with van der Waals surface area (Å²) in [5.74, 6) is -1.27. The highest BCUT2D eigenvalue weighted by molar-refractivity contribution is 5.88. The average Bonchev–Trinajstić information content (AvgIpc) is 3.20. The minimum Gasteiger partial charge on any atom is -0.478 e. The number of carboxylic acids is 1. The number of carboxylic acid groups (broad SMARTS) is 1. The molecule has 0 saturated heterocycles. The molecule has 0 spiro atoms. The van der Waals surface area contributed by atoms with Crippen molar-refractivity contribution in [2.24, 2.45) is 0 Å². The monoisotopic (exact) mass is 404 g/mol. The van der Waals surface area contributed by atoms with Crippen LogP contribution in [0.25, 0.3) is 11.1 Å². The summed E-state index contributed by atoms with van der Waals surface area (Å²) in [4.78, 5) is 11.2. The SMILES string of the molecule is C=C(C(=O)O)C(c1ccccc1)c1ccccc1.c1ccc2c(c1)Cc1ccccc1-2. The summed E-state index contributed by atoms with van der Waals surface area (Å²) >= 11 is 0. The summed E-state index contributed by atoms with van der Waals surface area (Å²) in [5, 5.41) is 9.18. The van der Waals surface area contributed by atoms with Gasteiger partial charge in [-0.1, -0.05) is 116 Å². The molecule has 0 aliphatic heterocycles. The van der Waals surface area contributed by atoms with E-state index in [0.29, 0.717) is 0 Å². The Bertz CT molecular complexity index is 1110. The topological polar surface area (TPSA) is 37.3 Å². The number of carbonyl (C=O) groups is 1. The van der Waals surface area contributed by atoms with E-state index in [2.05, 4.69) is 55.1 Å². The molecule has 0 amide bonds. The number of benzene rings is 4. The maximum atomic E-state index is 11.2. The number of rotatable bonds is 4. The Morgan fingerprint density at radius 1 is 0.645 bits per heavy atom. The highest BCUT2D eigenvalue weighted by atomic mass is 16.4. The van der Waals surface area contributed by atoms with Gasteiger partial charge >= 0.3 is 5.97 Å². The first-order valence-corrected chi connectivity index (χ1v) is 10.3. The molecule has 4 aromatic rings. The van der Waals surface area contributed by atoms with Crippen molar-refractivity contribution in [1.82, 2.24) is 0 Å². The third kappa shape index (κ3) is 4.49. The Hall–Kier alpha value is -3.91. The summed E-state index contributed by atoms with van der Waals surface area (Å²) < 4.78 is 0. The molecule has 0 unspecified atom stereocenters. The van der Waals surface area contributed by atoms with Crippen LogP contribution in [0.3, 0.4) is 0 Å². The molecular weight excluding hydrogens is 380 g/mol. The number of hydrogen-bond acceptors (Lipinski definition) is 1. The van der Waals surface area contributed by atoms with Gasteiger partial charge < -0.3 is 5.11 Å². The van der Waals surface area contributed by atoms with Crippen molar-refractivity contribution in [3.8, 4) is 11.1 Å². The van der Waals surface area contributed by atoms with Crippen LogP contribution in [-0.2, 0) is 11.2 Å². The Morgan fingerprint density at radius 2 is 1.03 bits per heavy atom. The minimum absolute atomic E-state index is 0.187. The fraction of sp³-hybridized carbons (Fsp3) is 0.0690. The van der Waals surface area contributed by atoms with Crippen LogP contribution in [-0.4, -0.2) is 11.1 Å². The summed E-state index contributed by atoms with van der Waals surface area (Å²) in [6.45, 7) is 3.71. The van der Waals surface area contributed by atoms with E-state index in [1.165, 1.54) is 22.3 Å². The molecule has 1 aliphatic rings. The van der Waals surface area contributed by atoms with E-state index < -0.39 is 5.97 Å². The second kappa shape index (κ2) is 9.27. The Kier molecular flexibility index (Phi) is 6.09. The molecule has 31 heavy (non-hydrogen) atoms. The molecule has 0 radical (unpaired) electrons. The second-order valence-electron chi connectivity index (χ2n) is 7.58. The van der Waals surface area contributed by atoms with Crippen molar-refractivity contribution in [3.05, 3.63) is 144 Å². The van der Waals surface area contributed by atoms with E-state index in [4.69, 9.17) is 0 Å². The van der Waals surface area contributed by atoms with Crippen LogP contribution in [0.1, 0.15) is 28.2 Å². The van der Waals surface area contributed by atoms with Crippen molar-refractivity contribution in [3.63, 3.8) is 0 Å². The Labute approximate surface area is 183 Å². The molecule has 0 bridgehead atoms. The van der Waals surface area contributed by atoms with Gasteiger partial charge in [0.15, 0.2) is 0 Å². The van der Waals surface area contributed by atoms with Gasteiger partial charge in [-0.2, -0.15) is 0 Å². The standard InChI is InChI=1S/C16H14O2.C13H10/c1-12(16(17)18)15(13-8-4-2-5-9-13)14-10-6-3-7-11-14;1-3-7-12-10(5-1)9-11-6-2-4-8-13(11)12/h2-11,15H,1H2,(H,17,18);1-8H,9H2. The first-order chi connectivity index (χ1) is 15.1. The zero-order valence-corrected chi connectivity index (χ0v) is 17.2. The predicted molar refractivity (Wildman–Crippen MR) is 126 cm³/mol. The highest BCUT2D eigenvalue weighted by Crippen LogP contribution is 2.35. The Morgan fingerprint density at radius 3 is 1.45 bits per heavy atom. The molecule has 0 atom stereocenters. The van der Waals surface area contributed by atoms with Crippen molar-refractivity contribution < 1.29 is 9.90 Å². The molecule has 2 nitrogen and oxygen atoms in total. The highest BCUT2D eigenvalue weighted by Gasteiger charge is 2.21. The van der Waals surface area contributed by atoms with Crippen molar-refractivity contribution in [2.45, 2.75) is 12.3 Å². The molecule has 4 aromatic carbocycles. The zero-order valence-electron chi connectivity index (χ0n) is 17.2. The molecule has 2 heteroatoms. The van der Waals surface area contributed by atoms with Gasteiger partial charge in [0.25, 0.3) is 0 Å². The van der Waals surface area contributed by atoms with E-state index in [1.54, 1.807) is 0 Å². The third-order valence-electron chi connectivity index (χ3n) is 5.59. The van der Waals surface area contributed by atoms with Crippen LogP contribution in [0.4, 0.5) is 0 Å². The molecule has 152 valence electrons. The quantitative estimate of drug-likeness (QED) is 0.338. The molecule has 5 rings (SSSR count). The van der Waals surface area contributed by atoms with Gasteiger partial charge in [0.1, 0.15) is 0 Å². The maximum Gasteiger partial charge on any atom is 0.331 e. The lowest BCUT2D eigenvalue weighted by atomic mass is 9.85. The first kappa shape index (κ1) is 20.4. The average molecular weight is 405 g/mol. The van der Waals surface area contributed by atoms with E-state index in [-0.39, 0.29) is 11.5 Å². The summed E-state index contributed by atoms with van der Waals surface area (Å²) in [5.41, 5.74) is 7.82. The maximum absolute atomic E-state index is 11.2. The third-order valence-corrected chi connectivity index (χ3v) is 5.59. The second-order valence-corrected chi connectivity index (χ2v) is 7.58. The number of hydrogen-bond donors (Lipinski definition) is 1. The van der Waals surface area contributed by atoms with Crippen molar-refractivity contribution >= 4 is 5.97 Å². The van der Waals surface area contributed by atoms with Gasteiger partial charge in [-0.25, -0.2) is 4.79 Å². The van der Waals surface area contributed by atoms with Crippen molar-refractivity contribution in [2.75, 3.05) is 0 Å². The zero-order chi connectivity index (χ0) is 21.6. The van der Waals surface area contributed by atoms with E-state index >= 15 is 0 Å². The van der Waals surface area contributed by atoms with Crippen LogP contribution in [0.2, 0.25) is 0 Å². The summed E-state index contributed by atoms with van der Waals surface area (Å²) in [6.07, 6.45) is 1.10. The van der Waals surface area contributed by atoms with E-state index in [9.17, 15) is 9.90 Å². The van der Waals surface area contributed by atoms with Crippen LogP contribution in [0.5, 0.6) is 0 Å². The molecular formula is C29H24O2. The number of fused-ring (bicyclic) bond motifs is 3. The summed E-state index contributed by atoms with van der Waals surface area (Å²) in [7, 11) is 0. The summed E-state index contributed by atoms with van der Waals surface area (Å²) in [6, 6.07) is 36.4. The van der Waals surface area contributed by atoms with Gasteiger partial charge in [-0.05, 0) is 39.8 Å². The molecule has 1 N–H and O–H groups in total. The first-order valence-electron chi connectivity index (χ1n) is 10.3. The Balaban J connectivity index is 0.000000156. The van der Waals surface area contributed by atoms with Crippen LogP contribution in [0.15, 0.2) is 121 Å². The molecule has 0 aromatic heterocycles. The van der Waals surface area contributed by atoms with E-state index in [0.717, 1.165) is 17.5 Å². The largest absolute Gasteiger partial charge is 0.478 e. The van der Waals surface area contributed by atoms with Gasteiger partial charge in [-0.15, -0.1) is 0 Å². The van der Waals surface area contributed by atoms with Gasteiger partial charge in [-0.3, -0.25) is 0 Å². The van der Waals surface area contributed by atoms with Crippen LogP contribution < -0.4 is 0 Å². The normalized spacial score (nSPS) is 11.1. The molecule has 1 aliphatic carbocycles. The van der Waals surface area contributed by atoms with Crippen molar-refractivity contribution in [1.29, 1.82) is 0 Å². The number of aliphatic carboxylic acids is 1. The van der Waals surface area contributed by atoms with Crippen LogP contribution in [0, 0.1) is 0 Å². The van der Waals surface area contributed by atoms with Crippen LogP contribution >= 0.6 is 0 Å². The lowest BCUT2D eigenvalue weighted by Crippen LogP contribution is -2.11. The lowest BCUT2D eigenvalue weighted by molar-refractivity contribution is -0.132. The smallest absolute Gasteiger partial charge is 0.331 e.